The molecule has 0 radical (unpaired) electrons. The average molecular weight is 423 g/mol. The number of rotatable bonds is 4. The van der Waals surface area contributed by atoms with Crippen LogP contribution in [0.25, 0.3) is 22.4 Å². The second kappa shape index (κ2) is 7.02. The number of alkyl halides is 1. The zero-order chi connectivity index (χ0) is 21.8. The van der Waals surface area contributed by atoms with Crippen LogP contribution >= 0.6 is 0 Å². The van der Waals surface area contributed by atoms with Crippen molar-refractivity contribution < 1.29 is 14.2 Å². The first kappa shape index (κ1) is 19.9. The Morgan fingerprint density at radius 1 is 1.16 bits per heavy atom. The molecule has 2 aliphatic heterocycles. The van der Waals surface area contributed by atoms with E-state index in [-0.39, 0.29) is 17.2 Å². The first-order valence-corrected chi connectivity index (χ1v) is 10.5. The lowest BCUT2D eigenvalue weighted by Crippen LogP contribution is -2.63. The molecule has 0 amide bonds. The smallest absolute Gasteiger partial charge is 0.233 e. The summed E-state index contributed by atoms with van der Waals surface area (Å²) in [4.78, 5) is 0. The van der Waals surface area contributed by atoms with Gasteiger partial charge < -0.3 is 15.2 Å². The van der Waals surface area contributed by atoms with Gasteiger partial charge in [-0.2, -0.15) is 5.10 Å². The summed E-state index contributed by atoms with van der Waals surface area (Å²) in [6, 6.07) is 8.79. The molecule has 0 unspecified atom stereocenters. The van der Waals surface area contributed by atoms with Crippen LogP contribution in [0.1, 0.15) is 33.1 Å². The van der Waals surface area contributed by atoms with Crippen LogP contribution in [0.15, 0.2) is 42.7 Å². The van der Waals surface area contributed by atoms with Gasteiger partial charge in [-0.05, 0) is 50.5 Å². The molecule has 2 saturated heterocycles. The summed E-state index contributed by atoms with van der Waals surface area (Å²) in [6.45, 7) is 4.04. The van der Waals surface area contributed by atoms with Gasteiger partial charge in [0.25, 0.3) is 0 Å². The maximum absolute atomic E-state index is 15.1. The maximum atomic E-state index is 15.1. The molecule has 3 aromatic rings. The highest BCUT2D eigenvalue weighted by molar-refractivity contribution is 5.73. The van der Waals surface area contributed by atoms with Crippen molar-refractivity contribution in [3.05, 3.63) is 42.7 Å². The lowest BCUT2D eigenvalue weighted by atomic mass is 9.85. The number of halogens is 1. The lowest BCUT2D eigenvalue weighted by Gasteiger charge is -2.43. The quantitative estimate of drug-likeness (QED) is 0.667. The molecular weight excluding hydrogens is 397 g/mol. The summed E-state index contributed by atoms with van der Waals surface area (Å²) < 4.78 is 22.7. The minimum atomic E-state index is -1.12. The summed E-state index contributed by atoms with van der Waals surface area (Å²) in [6.07, 6.45) is 4.26. The molecule has 0 spiro atoms. The summed E-state index contributed by atoms with van der Waals surface area (Å²) in [5.41, 5.74) is 2.18. The van der Waals surface area contributed by atoms with Gasteiger partial charge in [0.2, 0.25) is 5.88 Å². The van der Waals surface area contributed by atoms with Crippen molar-refractivity contribution in [2.75, 3.05) is 0 Å². The van der Waals surface area contributed by atoms with Gasteiger partial charge in [0, 0.05) is 42.4 Å². The minimum absolute atomic E-state index is 0.101. The van der Waals surface area contributed by atoms with Crippen molar-refractivity contribution in [3.63, 3.8) is 0 Å². The van der Waals surface area contributed by atoms with Crippen LogP contribution in [0.3, 0.4) is 0 Å². The third kappa shape index (κ3) is 3.54. The minimum Gasteiger partial charge on any atom is -0.507 e. The number of ether oxygens (including phenoxy) is 1. The molecular formula is C23H26FN5O2. The van der Waals surface area contributed by atoms with Gasteiger partial charge in [0.05, 0.1) is 17.4 Å². The lowest BCUT2D eigenvalue weighted by molar-refractivity contribution is -0.00951. The Morgan fingerprint density at radius 2 is 2.00 bits per heavy atom. The number of phenols is 1. The molecule has 31 heavy (non-hydrogen) atoms. The van der Waals surface area contributed by atoms with E-state index in [0.717, 1.165) is 24.0 Å². The molecule has 2 fully saturated rings. The number of piperidine rings is 1. The second-order valence-corrected chi connectivity index (χ2v) is 9.26. The van der Waals surface area contributed by atoms with E-state index < -0.39 is 17.8 Å². The standard InChI is InChI=1S/C23H26FN5O2/c1-22-8-9-23(2,28-22)21(24)19(11-22)31-20-7-6-17(26-27-20)16-5-4-14(10-18(16)30)15-12-25-29(3)13-15/h4-7,10,12-13,19,21,28,30H,8-9,11H2,1-3H3/t19-,21-,22-,23+/m1/s1. The van der Waals surface area contributed by atoms with Gasteiger partial charge in [0.1, 0.15) is 11.9 Å². The van der Waals surface area contributed by atoms with Crippen LogP contribution in [-0.4, -0.2) is 48.4 Å². The molecule has 2 N–H and O–H groups in total. The van der Waals surface area contributed by atoms with Crippen LogP contribution < -0.4 is 10.1 Å². The van der Waals surface area contributed by atoms with Crippen molar-refractivity contribution in [3.8, 4) is 34.0 Å². The fourth-order valence-electron chi connectivity index (χ4n) is 4.95. The Hall–Kier alpha value is -3.00. The van der Waals surface area contributed by atoms with Gasteiger partial charge in [0.15, 0.2) is 6.17 Å². The highest BCUT2D eigenvalue weighted by Gasteiger charge is 2.56. The van der Waals surface area contributed by atoms with Crippen molar-refractivity contribution in [1.82, 2.24) is 25.3 Å². The zero-order valence-electron chi connectivity index (χ0n) is 17.8. The van der Waals surface area contributed by atoms with Gasteiger partial charge in [-0.1, -0.05) is 6.07 Å². The van der Waals surface area contributed by atoms with Crippen molar-refractivity contribution in [1.29, 1.82) is 0 Å². The number of fused-ring (bicyclic) bond motifs is 2. The predicted molar refractivity (Wildman–Crippen MR) is 114 cm³/mol. The molecule has 8 heteroatoms. The fourth-order valence-corrected chi connectivity index (χ4v) is 4.95. The Bertz CT molecular complexity index is 1120. The Kier molecular flexibility index (Phi) is 4.51. The third-order valence-corrected chi connectivity index (χ3v) is 6.59. The summed E-state index contributed by atoms with van der Waals surface area (Å²) >= 11 is 0. The number of aromatic hydroxyl groups is 1. The van der Waals surface area contributed by atoms with Gasteiger partial charge in [-0.3, -0.25) is 4.68 Å². The van der Waals surface area contributed by atoms with E-state index in [4.69, 9.17) is 4.74 Å². The number of hydrogen-bond acceptors (Lipinski definition) is 6. The summed E-state index contributed by atoms with van der Waals surface area (Å²) in [7, 11) is 1.84. The number of aryl methyl sites for hydroxylation is 1. The number of phenolic OH excluding ortho intramolecular Hbond substituents is 1. The van der Waals surface area contributed by atoms with E-state index in [1.54, 1.807) is 35.1 Å². The van der Waals surface area contributed by atoms with Crippen molar-refractivity contribution >= 4 is 0 Å². The molecule has 7 nitrogen and oxygen atoms in total. The first-order chi connectivity index (χ1) is 14.7. The predicted octanol–water partition coefficient (Wildman–Crippen LogP) is 3.64. The SMILES string of the molecule is Cn1cc(-c2ccc(-c3ccc(O[C@@H]4C[C@@]5(C)CC[C@](C)(N5)[C@@H]4F)nn3)c(O)c2)cn1. The number of nitrogens with one attached hydrogen (secondary N) is 1. The Morgan fingerprint density at radius 3 is 2.68 bits per heavy atom. The number of aromatic nitrogens is 4. The number of benzene rings is 1. The maximum Gasteiger partial charge on any atom is 0.233 e. The average Bonchev–Trinajstić information content (AvgIpc) is 3.29. The molecule has 2 aliphatic rings. The van der Waals surface area contributed by atoms with Crippen molar-refractivity contribution in [2.24, 2.45) is 7.05 Å². The Balaban J connectivity index is 1.34. The topological polar surface area (TPSA) is 85.1 Å². The van der Waals surface area contributed by atoms with Crippen LogP contribution in [-0.2, 0) is 7.05 Å². The third-order valence-electron chi connectivity index (χ3n) is 6.59. The second-order valence-electron chi connectivity index (χ2n) is 9.26. The van der Waals surface area contributed by atoms with E-state index in [1.807, 2.05) is 26.2 Å². The van der Waals surface area contributed by atoms with E-state index in [2.05, 4.69) is 27.5 Å². The summed E-state index contributed by atoms with van der Waals surface area (Å²) in [5.74, 6) is 0.389. The molecule has 1 aromatic carbocycles. The van der Waals surface area contributed by atoms with Crippen LogP contribution in [0, 0.1) is 0 Å². The van der Waals surface area contributed by atoms with Gasteiger partial charge >= 0.3 is 0 Å². The largest absolute Gasteiger partial charge is 0.507 e. The molecule has 5 rings (SSSR count). The van der Waals surface area contributed by atoms with Crippen molar-refractivity contribution in [2.45, 2.75) is 56.5 Å². The molecule has 2 bridgehead atoms. The van der Waals surface area contributed by atoms with Crippen LogP contribution in [0.5, 0.6) is 11.6 Å². The first-order valence-electron chi connectivity index (χ1n) is 10.5. The van der Waals surface area contributed by atoms with Gasteiger partial charge in [-0.25, -0.2) is 4.39 Å². The molecule has 4 atom stereocenters. The van der Waals surface area contributed by atoms with Crippen LogP contribution in [0.2, 0.25) is 0 Å². The van der Waals surface area contributed by atoms with E-state index in [1.165, 1.54) is 0 Å². The highest BCUT2D eigenvalue weighted by Crippen LogP contribution is 2.44. The Labute approximate surface area is 180 Å². The van der Waals surface area contributed by atoms with E-state index in [0.29, 0.717) is 17.7 Å². The van der Waals surface area contributed by atoms with Gasteiger partial charge in [-0.15, -0.1) is 10.2 Å². The normalized spacial score (nSPS) is 29.8. The van der Waals surface area contributed by atoms with E-state index >= 15 is 4.39 Å². The molecule has 162 valence electrons. The molecule has 2 aromatic heterocycles. The monoisotopic (exact) mass is 423 g/mol. The molecule has 0 aliphatic carbocycles. The fraction of sp³-hybridized carbons (Fsp3) is 0.435. The zero-order valence-corrected chi connectivity index (χ0v) is 17.8. The van der Waals surface area contributed by atoms with E-state index in [9.17, 15) is 5.11 Å². The van der Waals surface area contributed by atoms with Crippen LogP contribution in [0.4, 0.5) is 4.39 Å². The molecule has 4 heterocycles. The summed E-state index contributed by atoms with van der Waals surface area (Å²) in [5, 5.41) is 26.5. The number of nitrogens with zero attached hydrogens (tertiary/aromatic N) is 4. The highest BCUT2D eigenvalue weighted by atomic mass is 19.1. The molecule has 0 saturated carbocycles. The number of hydrogen-bond donors (Lipinski definition) is 2.